The summed E-state index contributed by atoms with van der Waals surface area (Å²) in [5, 5.41) is 0.428. The van der Waals surface area contributed by atoms with Gasteiger partial charge in [-0.15, -0.1) is 0 Å². The van der Waals surface area contributed by atoms with Crippen molar-refractivity contribution in [2.45, 2.75) is 12.8 Å². The molecular weight excluding hydrogens is 282 g/mol. The van der Waals surface area contributed by atoms with E-state index in [-0.39, 0.29) is 5.91 Å². The molecular formula is C12H26BrN3O. The van der Waals surface area contributed by atoms with E-state index >= 15 is 0 Å². The minimum Gasteiger partial charge on any atom is -0.342 e. The van der Waals surface area contributed by atoms with Gasteiger partial charge in [-0.1, -0.05) is 15.9 Å². The van der Waals surface area contributed by atoms with Crippen LogP contribution in [0.15, 0.2) is 0 Å². The summed E-state index contributed by atoms with van der Waals surface area (Å²) in [6.45, 7) is 3.77. The average Bonchev–Trinajstić information content (AvgIpc) is 2.25. The van der Waals surface area contributed by atoms with Gasteiger partial charge in [0.1, 0.15) is 0 Å². The number of halogens is 1. The van der Waals surface area contributed by atoms with Crippen LogP contribution < -0.4 is 0 Å². The highest BCUT2D eigenvalue weighted by molar-refractivity contribution is 9.09. The summed E-state index contributed by atoms with van der Waals surface area (Å²) in [5.74, 6) is 0.197. The zero-order valence-electron chi connectivity index (χ0n) is 11.6. The predicted octanol–water partition coefficient (Wildman–Crippen LogP) is 1.11. The molecule has 0 aromatic carbocycles. The van der Waals surface area contributed by atoms with Gasteiger partial charge in [-0.3, -0.25) is 4.79 Å². The van der Waals surface area contributed by atoms with Crippen molar-refractivity contribution in [3.63, 3.8) is 0 Å². The highest BCUT2D eigenvalue weighted by Crippen LogP contribution is 1.99. The SMILES string of the molecule is CN(C)CCCN(CCCN(C)C)C(=O)CBr. The van der Waals surface area contributed by atoms with E-state index in [0.29, 0.717) is 5.33 Å². The molecule has 102 valence electrons. The number of hydrogen-bond donors (Lipinski definition) is 0. The molecule has 0 rings (SSSR count). The quantitative estimate of drug-likeness (QED) is 0.597. The zero-order chi connectivity index (χ0) is 13.3. The molecule has 0 aliphatic carbocycles. The number of rotatable bonds is 9. The summed E-state index contributed by atoms with van der Waals surface area (Å²) < 4.78 is 0. The fourth-order valence-electron chi connectivity index (χ4n) is 1.60. The minimum absolute atomic E-state index is 0.197. The van der Waals surface area contributed by atoms with Crippen LogP contribution in [-0.4, -0.2) is 80.3 Å². The molecule has 0 atom stereocenters. The second-order valence-electron chi connectivity index (χ2n) is 4.83. The van der Waals surface area contributed by atoms with Gasteiger partial charge >= 0.3 is 0 Å². The van der Waals surface area contributed by atoms with Crippen molar-refractivity contribution in [2.75, 3.05) is 59.7 Å². The monoisotopic (exact) mass is 307 g/mol. The van der Waals surface area contributed by atoms with Gasteiger partial charge in [-0.25, -0.2) is 0 Å². The van der Waals surface area contributed by atoms with Gasteiger partial charge in [0, 0.05) is 13.1 Å². The number of carbonyl (C=O) groups excluding carboxylic acids is 1. The minimum atomic E-state index is 0.197. The van der Waals surface area contributed by atoms with Gasteiger partial charge in [0.2, 0.25) is 5.91 Å². The maximum Gasteiger partial charge on any atom is 0.233 e. The van der Waals surface area contributed by atoms with Crippen LogP contribution in [-0.2, 0) is 4.79 Å². The van der Waals surface area contributed by atoms with Crippen LogP contribution in [0.4, 0.5) is 0 Å². The predicted molar refractivity (Wildman–Crippen MR) is 76.7 cm³/mol. The molecule has 0 saturated heterocycles. The van der Waals surface area contributed by atoms with Gasteiger partial charge in [0.05, 0.1) is 5.33 Å². The van der Waals surface area contributed by atoms with E-state index in [9.17, 15) is 4.79 Å². The number of nitrogens with zero attached hydrogens (tertiary/aromatic N) is 3. The van der Waals surface area contributed by atoms with Crippen molar-refractivity contribution in [1.82, 2.24) is 14.7 Å². The normalized spacial score (nSPS) is 11.2. The molecule has 0 radical (unpaired) electrons. The molecule has 0 spiro atoms. The van der Waals surface area contributed by atoms with Crippen molar-refractivity contribution < 1.29 is 4.79 Å². The third-order valence-corrected chi connectivity index (χ3v) is 3.01. The number of carbonyl (C=O) groups is 1. The van der Waals surface area contributed by atoms with E-state index in [0.717, 1.165) is 39.0 Å². The Hall–Kier alpha value is -0.130. The van der Waals surface area contributed by atoms with E-state index in [1.54, 1.807) is 0 Å². The lowest BCUT2D eigenvalue weighted by molar-refractivity contribution is -0.128. The van der Waals surface area contributed by atoms with Crippen LogP contribution in [0.1, 0.15) is 12.8 Å². The zero-order valence-corrected chi connectivity index (χ0v) is 13.2. The van der Waals surface area contributed by atoms with Gasteiger partial charge in [-0.2, -0.15) is 0 Å². The molecule has 0 N–H and O–H groups in total. The second-order valence-corrected chi connectivity index (χ2v) is 5.39. The average molecular weight is 308 g/mol. The lowest BCUT2D eigenvalue weighted by Crippen LogP contribution is -2.36. The Morgan fingerprint density at radius 3 is 1.59 bits per heavy atom. The fourth-order valence-corrected chi connectivity index (χ4v) is 1.96. The van der Waals surface area contributed by atoms with Crippen molar-refractivity contribution in [3.05, 3.63) is 0 Å². The summed E-state index contributed by atoms with van der Waals surface area (Å²) in [5.41, 5.74) is 0. The Morgan fingerprint density at radius 1 is 0.882 bits per heavy atom. The third-order valence-electron chi connectivity index (χ3n) is 2.53. The molecule has 5 heteroatoms. The fraction of sp³-hybridized carbons (Fsp3) is 0.917. The lowest BCUT2D eigenvalue weighted by atomic mass is 10.3. The topological polar surface area (TPSA) is 26.8 Å². The molecule has 0 bridgehead atoms. The van der Waals surface area contributed by atoms with Crippen molar-refractivity contribution >= 4 is 21.8 Å². The smallest absolute Gasteiger partial charge is 0.233 e. The maximum atomic E-state index is 11.7. The standard InChI is InChI=1S/C12H26BrN3O/c1-14(2)7-5-9-16(12(17)11-13)10-6-8-15(3)4/h5-11H2,1-4H3. The molecule has 0 fully saturated rings. The first-order valence-electron chi connectivity index (χ1n) is 6.10. The maximum absolute atomic E-state index is 11.7. The van der Waals surface area contributed by atoms with E-state index < -0.39 is 0 Å². The van der Waals surface area contributed by atoms with Crippen LogP contribution in [0.2, 0.25) is 0 Å². The van der Waals surface area contributed by atoms with Gasteiger partial charge in [-0.05, 0) is 54.1 Å². The lowest BCUT2D eigenvalue weighted by Gasteiger charge is -2.23. The summed E-state index contributed by atoms with van der Waals surface area (Å²) in [7, 11) is 8.23. The largest absolute Gasteiger partial charge is 0.342 e. The Balaban J connectivity index is 3.93. The van der Waals surface area contributed by atoms with E-state index in [2.05, 4.69) is 53.9 Å². The molecule has 1 amide bonds. The third kappa shape index (κ3) is 9.56. The van der Waals surface area contributed by atoms with Gasteiger partial charge in [0.15, 0.2) is 0 Å². The van der Waals surface area contributed by atoms with E-state index in [1.165, 1.54) is 0 Å². The second kappa shape index (κ2) is 9.85. The Labute approximate surface area is 114 Å². The molecule has 0 aromatic rings. The summed E-state index contributed by atoms with van der Waals surface area (Å²) in [4.78, 5) is 18.0. The van der Waals surface area contributed by atoms with Crippen LogP contribution in [0, 0.1) is 0 Å². The molecule has 0 saturated carbocycles. The van der Waals surface area contributed by atoms with Crippen molar-refractivity contribution in [3.8, 4) is 0 Å². The van der Waals surface area contributed by atoms with Gasteiger partial charge in [0.25, 0.3) is 0 Å². The molecule has 0 unspecified atom stereocenters. The Bertz CT molecular complexity index is 196. The number of alkyl halides is 1. The summed E-state index contributed by atoms with van der Waals surface area (Å²) >= 11 is 3.25. The Morgan fingerprint density at radius 2 is 1.29 bits per heavy atom. The molecule has 0 aliphatic rings. The molecule has 0 aliphatic heterocycles. The number of amides is 1. The van der Waals surface area contributed by atoms with Crippen LogP contribution >= 0.6 is 15.9 Å². The summed E-state index contributed by atoms with van der Waals surface area (Å²) in [6.07, 6.45) is 2.07. The first-order valence-corrected chi connectivity index (χ1v) is 7.22. The molecule has 4 nitrogen and oxygen atoms in total. The van der Waals surface area contributed by atoms with Crippen molar-refractivity contribution in [1.29, 1.82) is 0 Å². The van der Waals surface area contributed by atoms with Crippen LogP contribution in [0.3, 0.4) is 0 Å². The van der Waals surface area contributed by atoms with Crippen molar-refractivity contribution in [2.24, 2.45) is 0 Å². The van der Waals surface area contributed by atoms with E-state index in [4.69, 9.17) is 0 Å². The van der Waals surface area contributed by atoms with Gasteiger partial charge < -0.3 is 14.7 Å². The molecule has 0 heterocycles. The molecule has 0 aromatic heterocycles. The molecule has 17 heavy (non-hydrogen) atoms. The highest BCUT2D eigenvalue weighted by Gasteiger charge is 2.11. The van der Waals surface area contributed by atoms with Crippen LogP contribution in [0.5, 0.6) is 0 Å². The highest BCUT2D eigenvalue weighted by atomic mass is 79.9. The van der Waals surface area contributed by atoms with Crippen LogP contribution in [0.25, 0.3) is 0 Å². The first kappa shape index (κ1) is 16.9. The Kier molecular flexibility index (Phi) is 9.78. The number of hydrogen-bond acceptors (Lipinski definition) is 3. The first-order chi connectivity index (χ1) is 7.97. The van der Waals surface area contributed by atoms with E-state index in [1.807, 2.05) is 4.90 Å². The summed E-state index contributed by atoms with van der Waals surface area (Å²) in [6, 6.07) is 0.